The summed E-state index contributed by atoms with van der Waals surface area (Å²) < 4.78 is 16.0. The van der Waals surface area contributed by atoms with Gasteiger partial charge in [0.2, 0.25) is 0 Å². The van der Waals surface area contributed by atoms with Crippen LogP contribution in [0.15, 0.2) is 85.2 Å². The molecule has 0 saturated carbocycles. The standard InChI is InChI=1S/C25H20FN5O/c26-22-12-5-4-11-21(22)23-16-24(31(29-23)20-9-2-1-3-10-20)25(32)30(15-7-13-27)18-19-8-6-14-28-17-19/h1-6,8-12,14,16-17H,7,15,18H2. The summed E-state index contributed by atoms with van der Waals surface area (Å²) in [6, 6.07) is 22.9. The van der Waals surface area contributed by atoms with Gasteiger partial charge >= 0.3 is 0 Å². The van der Waals surface area contributed by atoms with E-state index in [0.29, 0.717) is 23.5 Å². The second kappa shape index (κ2) is 9.67. The average molecular weight is 425 g/mol. The molecule has 158 valence electrons. The lowest BCUT2D eigenvalue weighted by Crippen LogP contribution is -2.33. The number of rotatable bonds is 7. The summed E-state index contributed by atoms with van der Waals surface area (Å²) >= 11 is 0. The zero-order chi connectivity index (χ0) is 22.3. The number of amides is 1. The number of hydrogen-bond acceptors (Lipinski definition) is 4. The average Bonchev–Trinajstić information content (AvgIpc) is 3.28. The van der Waals surface area contributed by atoms with Crippen molar-refractivity contribution in [1.82, 2.24) is 19.7 Å². The first-order chi connectivity index (χ1) is 15.7. The SMILES string of the molecule is N#CCCN(Cc1cccnc1)C(=O)c1cc(-c2ccccc2F)nn1-c1ccccc1. The van der Waals surface area contributed by atoms with Gasteiger partial charge in [-0.15, -0.1) is 0 Å². The van der Waals surface area contributed by atoms with Gasteiger partial charge in [0, 0.05) is 31.0 Å². The summed E-state index contributed by atoms with van der Waals surface area (Å²) in [5.74, 6) is -0.719. The maximum absolute atomic E-state index is 14.4. The van der Waals surface area contributed by atoms with E-state index < -0.39 is 5.82 Å². The van der Waals surface area contributed by atoms with Crippen molar-refractivity contribution in [2.45, 2.75) is 13.0 Å². The van der Waals surface area contributed by atoms with E-state index in [1.54, 1.807) is 47.6 Å². The fraction of sp³-hybridized carbons (Fsp3) is 0.120. The predicted octanol–water partition coefficient (Wildman–Crippen LogP) is 4.63. The predicted molar refractivity (Wildman–Crippen MR) is 118 cm³/mol. The van der Waals surface area contributed by atoms with E-state index in [1.807, 2.05) is 36.4 Å². The lowest BCUT2D eigenvalue weighted by Gasteiger charge is -2.22. The molecule has 0 bridgehead atoms. The van der Waals surface area contributed by atoms with Crippen LogP contribution in [0, 0.1) is 17.1 Å². The second-order valence-corrected chi connectivity index (χ2v) is 7.14. The molecule has 4 rings (SSSR count). The Morgan fingerprint density at radius 2 is 1.84 bits per heavy atom. The Bertz CT molecular complexity index is 1250. The van der Waals surface area contributed by atoms with Crippen LogP contribution in [0.25, 0.3) is 16.9 Å². The fourth-order valence-corrected chi connectivity index (χ4v) is 3.41. The van der Waals surface area contributed by atoms with Gasteiger partial charge in [0.05, 0.1) is 23.9 Å². The molecule has 2 heterocycles. The summed E-state index contributed by atoms with van der Waals surface area (Å²) in [4.78, 5) is 19.3. The Morgan fingerprint density at radius 3 is 2.56 bits per heavy atom. The van der Waals surface area contributed by atoms with Crippen molar-refractivity contribution in [2.75, 3.05) is 6.54 Å². The van der Waals surface area contributed by atoms with Gasteiger partial charge in [-0.2, -0.15) is 10.4 Å². The number of halogens is 1. The molecule has 0 fully saturated rings. The normalized spacial score (nSPS) is 10.5. The van der Waals surface area contributed by atoms with Crippen LogP contribution in [-0.2, 0) is 6.54 Å². The van der Waals surface area contributed by atoms with Crippen LogP contribution in [-0.4, -0.2) is 32.1 Å². The van der Waals surface area contributed by atoms with Gasteiger partial charge in [-0.25, -0.2) is 9.07 Å². The number of nitriles is 1. The summed E-state index contributed by atoms with van der Waals surface area (Å²) in [5.41, 5.74) is 2.49. The second-order valence-electron chi connectivity index (χ2n) is 7.14. The molecule has 0 aliphatic carbocycles. The van der Waals surface area contributed by atoms with Crippen LogP contribution in [0.1, 0.15) is 22.5 Å². The van der Waals surface area contributed by atoms with Crippen molar-refractivity contribution in [3.63, 3.8) is 0 Å². The van der Waals surface area contributed by atoms with E-state index in [4.69, 9.17) is 5.26 Å². The van der Waals surface area contributed by atoms with Crippen LogP contribution < -0.4 is 0 Å². The van der Waals surface area contributed by atoms with Crippen molar-refractivity contribution < 1.29 is 9.18 Å². The number of carbonyl (C=O) groups excluding carboxylic acids is 1. The van der Waals surface area contributed by atoms with Crippen LogP contribution in [0.5, 0.6) is 0 Å². The topological polar surface area (TPSA) is 74.8 Å². The molecule has 1 amide bonds. The number of pyridine rings is 1. The molecule has 32 heavy (non-hydrogen) atoms. The van der Waals surface area contributed by atoms with Crippen molar-refractivity contribution >= 4 is 5.91 Å². The molecule has 0 radical (unpaired) electrons. The number of hydrogen-bond donors (Lipinski definition) is 0. The van der Waals surface area contributed by atoms with Gasteiger partial charge < -0.3 is 4.90 Å². The van der Waals surface area contributed by atoms with Gasteiger partial charge in [-0.3, -0.25) is 9.78 Å². The molecule has 2 aromatic carbocycles. The van der Waals surface area contributed by atoms with Crippen LogP contribution in [0.2, 0.25) is 0 Å². The van der Waals surface area contributed by atoms with Gasteiger partial charge in [0.25, 0.3) is 5.91 Å². The van der Waals surface area contributed by atoms with Crippen molar-refractivity contribution in [3.8, 4) is 23.0 Å². The third-order valence-corrected chi connectivity index (χ3v) is 4.96. The first kappa shape index (κ1) is 20.9. The number of para-hydroxylation sites is 1. The highest BCUT2D eigenvalue weighted by atomic mass is 19.1. The number of nitrogens with zero attached hydrogens (tertiary/aromatic N) is 5. The van der Waals surface area contributed by atoms with Crippen molar-refractivity contribution in [1.29, 1.82) is 5.26 Å². The molecule has 0 spiro atoms. The Balaban J connectivity index is 1.78. The Labute approximate surface area is 185 Å². The van der Waals surface area contributed by atoms with Crippen LogP contribution >= 0.6 is 0 Å². The molecule has 0 atom stereocenters. The quantitative estimate of drug-likeness (QED) is 0.433. The third kappa shape index (κ3) is 4.55. The van der Waals surface area contributed by atoms with Gasteiger partial charge in [-0.05, 0) is 42.0 Å². The molecule has 7 heteroatoms. The molecule has 0 N–H and O–H groups in total. The molecule has 0 aliphatic heterocycles. The minimum atomic E-state index is -0.416. The van der Waals surface area contributed by atoms with Crippen molar-refractivity contribution in [2.24, 2.45) is 0 Å². The molecule has 0 unspecified atom stereocenters. The molecule has 6 nitrogen and oxygen atoms in total. The van der Waals surface area contributed by atoms with Gasteiger partial charge in [0.1, 0.15) is 11.5 Å². The Kier molecular flexibility index (Phi) is 6.33. The molecular weight excluding hydrogens is 405 g/mol. The largest absolute Gasteiger partial charge is 0.332 e. The van der Waals surface area contributed by atoms with E-state index in [-0.39, 0.29) is 24.6 Å². The van der Waals surface area contributed by atoms with E-state index in [1.165, 1.54) is 10.7 Å². The number of carbonyl (C=O) groups is 1. The monoisotopic (exact) mass is 425 g/mol. The highest BCUT2D eigenvalue weighted by molar-refractivity contribution is 5.94. The zero-order valence-electron chi connectivity index (χ0n) is 17.2. The molecule has 4 aromatic rings. The number of benzene rings is 2. The van der Waals surface area contributed by atoms with Crippen LogP contribution in [0.4, 0.5) is 4.39 Å². The summed E-state index contributed by atoms with van der Waals surface area (Å²) in [6.45, 7) is 0.544. The van der Waals surface area contributed by atoms with Crippen molar-refractivity contribution in [3.05, 3.63) is 102 Å². The smallest absolute Gasteiger partial charge is 0.272 e. The highest BCUT2D eigenvalue weighted by Gasteiger charge is 2.24. The van der Waals surface area contributed by atoms with E-state index >= 15 is 0 Å². The van der Waals surface area contributed by atoms with E-state index in [0.717, 1.165) is 5.56 Å². The number of aromatic nitrogens is 3. The molecule has 0 aliphatic rings. The first-order valence-electron chi connectivity index (χ1n) is 10.1. The maximum atomic E-state index is 14.4. The molecule has 2 aromatic heterocycles. The lowest BCUT2D eigenvalue weighted by molar-refractivity contribution is 0.0737. The first-order valence-corrected chi connectivity index (χ1v) is 10.1. The minimum Gasteiger partial charge on any atom is -0.332 e. The Hall–Kier alpha value is -4.31. The molecule has 0 saturated heterocycles. The third-order valence-electron chi connectivity index (χ3n) is 4.96. The van der Waals surface area contributed by atoms with Gasteiger partial charge in [-0.1, -0.05) is 36.4 Å². The van der Waals surface area contributed by atoms with Crippen LogP contribution in [0.3, 0.4) is 0 Å². The van der Waals surface area contributed by atoms with E-state index in [2.05, 4.69) is 16.2 Å². The Morgan fingerprint density at radius 1 is 1.06 bits per heavy atom. The van der Waals surface area contributed by atoms with E-state index in [9.17, 15) is 9.18 Å². The summed E-state index contributed by atoms with van der Waals surface area (Å²) in [7, 11) is 0. The molecular formula is C25H20FN5O. The lowest BCUT2D eigenvalue weighted by atomic mass is 10.1. The summed E-state index contributed by atoms with van der Waals surface area (Å²) in [5, 5.41) is 13.6. The fourth-order valence-electron chi connectivity index (χ4n) is 3.41. The zero-order valence-corrected chi connectivity index (χ0v) is 17.2. The highest BCUT2D eigenvalue weighted by Crippen LogP contribution is 2.25. The van der Waals surface area contributed by atoms with Gasteiger partial charge in [0.15, 0.2) is 0 Å². The maximum Gasteiger partial charge on any atom is 0.272 e. The minimum absolute atomic E-state index is 0.186. The summed E-state index contributed by atoms with van der Waals surface area (Å²) in [6.07, 6.45) is 3.54.